The Morgan fingerprint density at radius 3 is 2.07 bits per heavy atom. The van der Waals surface area contributed by atoms with Crippen LogP contribution < -0.4 is 0 Å². The number of amides is 2. The van der Waals surface area contributed by atoms with Crippen LogP contribution in [0.4, 0.5) is 4.79 Å². The van der Waals surface area contributed by atoms with E-state index in [1.807, 2.05) is 43.0 Å². The summed E-state index contributed by atoms with van der Waals surface area (Å²) in [7, 11) is 0. The fourth-order valence-corrected chi connectivity index (χ4v) is 3.25. The van der Waals surface area contributed by atoms with Crippen LogP contribution >= 0.6 is 0 Å². The second-order valence-corrected chi connectivity index (χ2v) is 8.10. The summed E-state index contributed by atoms with van der Waals surface area (Å²) in [6, 6.07) is 8.40. The molecule has 1 saturated heterocycles. The van der Waals surface area contributed by atoms with Crippen molar-refractivity contribution >= 4 is 12.0 Å². The van der Waals surface area contributed by atoms with E-state index in [2.05, 4.69) is 25.7 Å². The number of hydrogen-bond donors (Lipinski definition) is 0. The summed E-state index contributed by atoms with van der Waals surface area (Å²) >= 11 is 0. The molecule has 2 amide bonds. The second kappa shape index (κ2) is 10.5. The highest BCUT2D eigenvalue weighted by atomic mass is 16.6. The monoisotopic (exact) mass is 389 g/mol. The van der Waals surface area contributed by atoms with Gasteiger partial charge in [0.2, 0.25) is 0 Å². The van der Waals surface area contributed by atoms with Gasteiger partial charge in [-0.2, -0.15) is 0 Å². The summed E-state index contributed by atoms with van der Waals surface area (Å²) < 4.78 is 5.27. The van der Waals surface area contributed by atoms with Crippen LogP contribution in [0.25, 0.3) is 0 Å². The van der Waals surface area contributed by atoms with Gasteiger partial charge in [-0.1, -0.05) is 32.9 Å². The first-order valence-corrected chi connectivity index (χ1v) is 10.4. The van der Waals surface area contributed by atoms with Gasteiger partial charge >= 0.3 is 6.09 Å². The minimum absolute atomic E-state index is 0.0259. The Bertz CT molecular complexity index is 635. The van der Waals surface area contributed by atoms with Crippen molar-refractivity contribution < 1.29 is 14.3 Å². The Morgan fingerprint density at radius 2 is 1.57 bits per heavy atom. The molecule has 0 aromatic heterocycles. The SMILES string of the molecule is CCN(Cc1ccc(C(=O)N2CCN(C(=O)OCC(C)C)CC2)cc1)C(C)C. The molecule has 1 aliphatic heterocycles. The number of nitrogens with zero attached hydrogens (tertiary/aromatic N) is 3. The Labute approximate surface area is 169 Å². The molecule has 6 nitrogen and oxygen atoms in total. The first-order valence-electron chi connectivity index (χ1n) is 10.4. The number of rotatable bonds is 7. The summed E-state index contributed by atoms with van der Waals surface area (Å²) in [4.78, 5) is 30.7. The molecule has 6 heteroatoms. The van der Waals surface area contributed by atoms with Crippen molar-refractivity contribution in [3.8, 4) is 0 Å². The lowest BCUT2D eigenvalue weighted by Crippen LogP contribution is -2.50. The second-order valence-electron chi connectivity index (χ2n) is 8.10. The number of hydrogen-bond acceptors (Lipinski definition) is 4. The normalized spacial score (nSPS) is 14.9. The maximum Gasteiger partial charge on any atom is 0.409 e. The molecule has 0 saturated carbocycles. The van der Waals surface area contributed by atoms with Crippen LogP contribution in [-0.4, -0.2) is 72.1 Å². The van der Waals surface area contributed by atoms with Crippen molar-refractivity contribution in [3.05, 3.63) is 35.4 Å². The van der Waals surface area contributed by atoms with E-state index in [0.717, 1.165) is 13.1 Å². The van der Waals surface area contributed by atoms with Gasteiger partial charge in [-0.05, 0) is 44.0 Å². The molecule has 1 aromatic rings. The zero-order valence-electron chi connectivity index (χ0n) is 18.0. The minimum atomic E-state index is -0.282. The molecule has 0 unspecified atom stereocenters. The fraction of sp³-hybridized carbons (Fsp3) is 0.636. The molecule has 0 aliphatic carbocycles. The number of carbonyl (C=O) groups is 2. The van der Waals surface area contributed by atoms with Crippen LogP contribution in [0.15, 0.2) is 24.3 Å². The third kappa shape index (κ3) is 6.23. The first-order chi connectivity index (χ1) is 13.3. The van der Waals surface area contributed by atoms with Crippen molar-refractivity contribution in [3.63, 3.8) is 0 Å². The van der Waals surface area contributed by atoms with E-state index in [-0.39, 0.29) is 12.0 Å². The molecular formula is C22H35N3O3. The summed E-state index contributed by atoms with van der Waals surface area (Å²) in [5, 5.41) is 0. The molecule has 0 atom stereocenters. The van der Waals surface area contributed by atoms with E-state index in [1.54, 1.807) is 4.90 Å². The van der Waals surface area contributed by atoms with Crippen LogP contribution in [0.1, 0.15) is 50.5 Å². The predicted octanol–water partition coefficient (Wildman–Crippen LogP) is 3.47. The zero-order chi connectivity index (χ0) is 20.7. The van der Waals surface area contributed by atoms with Crippen molar-refractivity contribution in [2.45, 2.75) is 47.2 Å². The lowest BCUT2D eigenvalue weighted by atomic mass is 10.1. The van der Waals surface area contributed by atoms with Gasteiger partial charge in [0.25, 0.3) is 5.91 Å². The van der Waals surface area contributed by atoms with Crippen molar-refractivity contribution in [1.29, 1.82) is 0 Å². The number of ether oxygens (including phenoxy) is 1. The largest absolute Gasteiger partial charge is 0.449 e. The molecule has 156 valence electrons. The Kier molecular flexibility index (Phi) is 8.30. The van der Waals surface area contributed by atoms with Gasteiger partial charge in [-0.3, -0.25) is 9.69 Å². The highest BCUT2D eigenvalue weighted by Crippen LogP contribution is 2.13. The van der Waals surface area contributed by atoms with Gasteiger partial charge in [-0.15, -0.1) is 0 Å². The van der Waals surface area contributed by atoms with Crippen molar-refractivity contribution in [1.82, 2.24) is 14.7 Å². The first kappa shape index (κ1) is 22.2. The smallest absolute Gasteiger partial charge is 0.409 e. The van der Waals surface area contributed by atoms with Gasteiger partial charge < -0.3 is 14.5 Å². The number of piperazine rings is 1. The maximum atomic E-state index is 12.8. The molecule has 1 aromatic carbocycles. The van der Waals surface area contributed by atoms with Crippen LogP contribution in [0, 0.1) is 5.92 Å². The molecule has 2 rings (SSSR count). The molecule has 0 spiro atoms. The molecule has 1 aliphatic rings. The topological polar surface area (TPSA) is 53.1 Å². The van der Waals surface area contributed by atoms with Gasteiger partial charge in [0.05, 0.1) is 6.61 Å². The predicted molar refractivity (Wildman–Crippen MR) is 111 cm³/mol. The van der Waals surface area contributed by atoms with Crippen LogP contribution in [0.3, 0.4) is 0 Å². The molecule has 0 bridgehead atoms. The highest BCUT2D eigenvalue weighted by molar-refractivity contribution is 5.94. The number of carbonyl (C=O) groups excluding carboxylic acids is 2. The molecule has 0 N–H and O–H groups in total. The third-order valence-corrected chi connectivity index (χ3v) is 5.09. The Balaban J connectivity index is 1.87. The van der Waals surface area contributed by atoms with Crippen LogP contribution in [0.2, 0.25) is 0 Å². The van der Waals surface area contributed by atoms with Gasteiger partial charge in [0.15, 0.2) is 0 Å². The Morgan fingerprint density at radius 1 is 1.00 bits per heavy atom. The fourth-order valence-electron chi connectivity index (χ4n) is 3.25. The highest BCUT2D eigenvalue weighted by Gasteiger charge is 2.25. The van der Waals surface area contributed by atoms with Crippen LogP contribution in [0.5, 0.6) is 0 Å². The van der Waals surface area contributed by atoms with Crippen LogP contribution in [-0.2, 0) is 11.3 Å². The van der Waals surface area contributed by atoms with E-state index >= 15 is 0 Å². The zero-order valence-corrected chi connectivity index (χ0v) is 18.0. The van der Waals surface area contributed by atoms with E-state index < -0.39 is 0 Å². The van der Waals surface area contributed by atoms with Gasteiger partial charge in [-0.25, -0.2) is 4.79 Å². The van der Waals surface area contributed by atoms with E-state index in [0.29, 0.717) is 50.3 Å². The molecular weight excluding hydrogens is 354 g/mol. The van der Waals surface area contributed by atoms with Crippen molar-refractivity contribution in [2.24, 2.45) is 5.92 Å². The maximum absolute atomic E-state index is 12.8. The lowest BCUT2D eigenvalue weighted by molar-refractivity contribution is 0.0535. The summed E-state index contributed by atoms with van der Waals surface area (Å²) in [5.74, 6) is 0.345. The summed E-state index contributed by atoms with van der Waals surface area (Å²) in [6.07, 6.45) is -0.282. The van der Waals surface area contributed by atoms with Crippen molar-refractivity contribution in [2.75, 3.05) is 39.3 Å². The molecule has 0 radical (unpaired) electrons. The van der Waals surface area contributed by atoms with E-state index in [4.69, 9.17) is 4.74 Å². The van der Waals surface area contributed by atoms with E-state index in [1.165, 1.54) is 5.56 Å². The molecule has 1 fully saturated rings. The van der Waals surface area contributed by atoms with E-state index in [9.17, 15) is 9.59 Å². The average Bonchev–Trinajstić information content (AvgIpc) is 2.70. The quantitative estimate of drug-likeness (QED) is 0.717. The standard InChI is InChI=1S/C22H35N3O3/c1-6-23(18(4)5)15-19-7-9-20(10-8-19)21(26)24-11-13-25(14-12-24)22(27)28-16-17(2)3/h7-10,17-18H,6,11-16H2,1-5H3. The Hall–Kier alpha value is -2.08. The van der Waals surface area contributed by atoms with Gasteiger partial charge in [0.1, 0.15) is 0 Å². The molecule has 1 heterocycles. The number of benzene rings is 1. The summed E-state index contributed by atoms with van der Waals surface area (Å²) in [6.45, 7) is 15.0. The minimum Gasteiger partial charge on any atom is -0.449 e. The third-order valence-electron chi connectivity index (χ3n) is 5.09. The van der Waals surface area contributed by atoms with Gasteiger partial charge in [0, 0.05) is 44.3 Å². The summed E-state index contributed by atoms with van der Waals surface area (Å²) in [5.41, 5.74) is 1.91. The lowest BCUT2D eigenvalue weighted by Gasteiger charge is -2.34. The average molecular weight is 390 g/mol. The molecule has 28 heavy (non-hydrogen) atoms.